The quantitative estimate of drug-likeness (QED) is 0.925. The standard InChI is InChI=1S/C14H21NO3.ClH/c1-16-11-3-4-13(17-2)12(9-11)14(15)10-5-7-18-8-6-10;/h3-4,9-10,14H,5-8,15H2,1-2H3;1H/t14-;/m1./s1. The van der Waals surface area contributed by atoms with Gasteiger partial charge in [-0.3, -0.25) is 0 Å². The Kier molecular flexibility index (Phi) is 6.42. The number of ether oxygens (including phenoxy) is 3. The van der Waals surface area contributed by atoms with Crippen molar-refractivity contribution in [3.63, 3.8) is 0 Å². The van der Waals surface area contributed by atoms with Crippen LogP contribution in [0.4, 0.5) is 0 Å². The Balaban J connectivity index is 0.00000180. The lowest BCUT2D eigenvalue weighted by molar-refractivity contribution is 0.0581. The molecule has 1 aliphatic rings. The molecule has 0 bridgehead atoms. The molecule has 1 saturated heterocycles. The summed E-state index contributed by atoms with van der Waals surface area (Å²) in [6.45, 7) is 1.59. The van der Waals surface area contributed by atoms with Crippen molar-refractivity contribution in [1.82, 2.24) is 0 Å². The van der Waals surface area contributed by atoms with E-state index >= 15 is 0 Å². The molecule has 1 aliphatic heterocycles. The third-order valence-corrected chi connectivity index (χ3v) is 3.57. The van der Waals surface area contributed by atoms with E-state index in [9.17, 15) is 0 Å². The zero-order valence-corrected chi connectivity index (χ0v) is 12.2. The number of methoxy groups -OCH3 is 2. The molecular formula is C14H22ClNO3. The maximum Gasteiger partial charge on any atom is 0.123 e. The van der Waals surface area contributed by atoms with Crippen molar-refractivity contribution in [1.29, 1.82) is 0 Å². The van der Waals surface area contributed by atoms with Gasteiger partial charge in [0, 0.05) is 24.8 Å². The second kappa shape index (κ2) is 7.58. The first kappa shape index (κ1) is 16.1. The van der Waals surface area contributed by atoms with Crippen molar-refractivity contribution in [3.05, 3.63) is 23.8 Å². The van der Waals surface area contributed by atoms with Gasteiger partial charge in [0.15, 0.2) is 0 Å². The molecule has 0 amide bonds. The van der Waals surface area contributed by atoms with Crippen LogP contribution in [0.15, 0.2) is 18.2 Å². The molecule has 1 fully saturated rings. The smallest absolute Gasteiger partial charge is 0.123 e. The fraction of sp³-hybridized carbons (Fsp3) is 0.571. The molecule has 0 spiro atoms. The van der Waals surface area contributed by atoms with E-state index in [1.165, 1.54) is 0 Å². The lowest BCUT2D eigenvalue weighted by Crippen LogP contribution is -2.27. The average Bonchev–Trinajstić information content (AvgIpc) is 2.46. The van der Waals surface area contributed by atoms with Gasteiger partial charge in [-0.25, -0.2) is 0 Å². The van der Waals surface area contributed by atoms with E-state index in [0.717, 1.165) is 43.1 Å². The van der Waals surface area contributed by atoms with Gasteiger partial charge in [0.25, 0.3) is 0 Å². The van der Waals surface area contributed by atoms with Crippen LogP contribution in [0.2, 0.25) is 0 Å². The van der Waals surface area contributed by atoms with Gasteiger partial charge in [0.2, 0.25) is 0 Å². The summed E-state index contributed by atoms with van der Waals surface area (Å²) in [5.74, 6) is 2.09. The van der Waals surface area contributed by atoms with Crippen molar-refractivity contribution in [2.45, 2.75) is 18.9 Å². The van der Waals surface area contributed by atoms with E-state index in [1.807, 2.05) is 18.2 Å². The molecule has 5 heteroatoms. The van der Waals surface area contributed by atoms with Crippen LogP contribution in [-0.2, 0) is 4.74 Å². The molecule has 0 saturated carbocycles. The number of halogens is 1. The Labute approximate surface area is 120 Å². The van der Waals surface area contributed by atoms with E-state index in [-0.39, 0.29) is 18.4 Å². The highest BCUT2D eigenvalue weighted by Crippen LogP contribution is 2.35. The van der Waals surface area contributed by atoms with Gasteiger partial charge in [-0.15, -0.1) is 12.4 Å². The Morgan fingerprint density at radius 2 is 1.89 bits per heavy atom. The van der Waals surface area contributed by atoms with Crippen LogP contribution in [0.25, 0.3) is 0 Å². The largest absolute Gasteiger partial charge is 0.497 e. The molecule has 0 aliphatic carbocycles. The molecule has 0 radical (unpaired) electrons. The van der Waals surface area contributed by atoms with Crippen LogP contribution >= 0.6 is 12.4 Å². The Bertz CT molecular complexity index is 394. The van der Waals surface area contributed by atoms with E-state index < -0.39 is 0 Å². The van der Waals surface area contributed by atoms with Gasteiger partial charge in [-0.05, 0) is 37.0 Å². The van der Waals surface area contributed by atoms with Gasteiger partial charge < -0.3 is 19.9 Å². The van der Waals surface area contributed by atoms with Crippen LogP contribution in [0.1, 0.15) is 24.4 Å². The summed E-state index contributed by atoms with van der Waals surface area (Å²) in [5, 5.41) is 0. The van der Waals surface area contributed by atoms with Crippen molar-refractivity contribution in [2.75, 3.05) is 27.4 Å². The second-order valence-corrected chi connectivity index (χ2v) is 4.58. The molecule has 1 heterocycles. The number of hydrogen-bond acceptors (Lipinski definition) is 4. The zero-order valence-electron chi connectivity index (χ0n) is 11.4. The molecule has 2 rings (SSSR count). The number of rotatable bonds is 4. The second-order valence-electron chi connectivity index (χ2n) is 4.58. The minimum Gasteiger partial charge on any atom is -0.497 e. The first-order valence-corrected chi connectivity index (χ1v) is 6.31. The summed E-state index contributed by atoms with van der Waals surface area (Å²) in [6.07, 6.45) is 2.00. The van der Waals surface area contributed by atoms with Crippen molar-refractivity contribution < 1.29 is 14.2 Å². The summed E-state index contributed by atoms with van der Waals surface area (Å²) < 4.78 is 16.0. The fourth-order valence-electron chi connectivity index (χ4n) is 2.43. The summed E-state index contributed by atoms with van der Waals surface area (Å²) in [7, 11) is 3.33. The highest BCUT2D eigenvalue weighted by molar-refractivity contribution is 5.85. The summed E-state index contributed by atoms with van der Waals surface area (Å²) in [6, 6.07) is 5.74. The third kappa shape index (κ3) is 3.75. The van der Waals surface area contributed by atoms with Crippen molar-refractivity contribution in [2.24, 2.45) is 11.7 Å². The Hall–Kier alpha value is -0.970. The van der Waals surface area contributed by atoms with E-state index in [4.69, 9.17) is 19.9 Å². The normalized spacial score (nSPS) is 17.4. The Morgan fingerprint density at radius 3 is 2.47 bits per heavy atom. The predicted octanol–water partition coefficient (Wildman–Crippen LogP) is 2.55. The maximum atomic E-state index is 6.38. The Morgan fingerprint density at radius 1 is 1.21 bits per heavy atom. The zero-order chi connectivity index (χ0) is 13.0. The van der Waals surface area contributed by atoms with Crippen molar-refractivity contribution in [3.8, 4) is 11.5 Å². The topological polar surface area (TPSA) is 53.7 Å². The lowest BCUT2D eigenvalue weighted by atomic mass is 9.87. The van der Waals surface area contributed by atoms with Crippen molar-refractivity contribution >= 4 is 12.4 Å². The maximum absolute atomic E-state index is 6.38. The summed E-state index contributed by atoms with van der Waals surface area (Å²) in [4.78, 5) is 0. The molecule has 19 heavy (non-hydrogen) atoms. The van der Waals surface area contributed by atoms with Gasteiger partial charge >= 0.3 is 0 Å². The predicted molar refractivity (Wildman–Crippen MR) is 77.3 cm³/mol. The molecule has 1 atom stereocenters. The molecule has 1 aromatic rings. The molecule has 2 N–H and O–H groups in total. The van der Waals surface area contributed by atoms with Gasteiger partial charge in [-0.1, -0.05) is 0 Å². The SMILES string of the molecule is COc1ccc(OC)c([C@H](N)C2CCOCC2)c1.Cl. The summed E-state index contributed by atoms with van der Waals surface area (Å²) in [5.41, 5.74) is 7.40. The molecule has 1 aromatic carbocycles. The van der Waals surface area contributed by atoms with Gasteiger partial charge in [-0.2, -0.15) is 0 Å². The van der Waals surface area contributed by atoms with Gasteiger partial charge in [0.05, 0.1) is 14.2 Å². The number of hydrogen-bond donors (Lipinski definition) is 1. The van der Waals surface area contributed by atoms with Crippen LogP contribution < -0.4 is 15.2 Å². The average molecular weight is 288 g/mol. The lowest BCUT2D eigenvalue weighted by Gasteiger charge is -2.28. The van der Waals surface area contributed by atoms with E-state index in [0.29, 0.717) is 5.92 Å². The molecular weight excluding hydrogens is 266 g/mol. The van der Waals surface area contributed by atoms with Gasteiger partial charge in [0.1, 0.15) is 11.5 Å². The number of benzene rings is 1. The number of nitrogens with two attached hydrogens (primary N) is 1. The van der Waals surface area contributed by atoms with Crippen LogP contribution in [0, 0.1) is 5.92 Å². The van der Waals surface area contributed by atoms with Crippen LogP contribution in [0.3, 0.4) is 0 Å². The fourth-order valence-corrected chi connectivity index (χ4v) is 2.43. The minimum atomic E-state index is -0.0288. The summed E-state index contributed by atoms with van der Waals surface area (Å²) >= 11 is 0. The molecule has 0 unspecified atom stereocenters. The highest BCUT2D eigenvalue weighted by atomic mass is 35.5. The third-order valence-electron chi connectivity index (χ3n) is 3.57. The van der Waals surface area contributed by atoms with Crippen LogP contribution in [-0.4, -0.2) is 27.4 Å². The first-order valence-electron chi connectivity index (χ1n) is 6.31. The van der Waals surface area contributed by atoms with E-state index in [1.54, 1.807) is 14.2 Å². The first-order chi connectivity index (χ1) is 8.76. The minimum absolute atomic E-state index is 0. The van der Waals surface area contributed by atoms with Crippen LogP contribution in [0.5, 0.6) is 11.5 Å². The monoisotopic (exact) mass is 287 g/mol. The van der Waals surface area contributed by atoms with E-state index in [2.05, 4.69) is 0 Å². The molecule has 4 nitrogen and oxygen atoms in total. The highest BCUT2D eigenvalue weighted by Gasteiger charge is 2.24. The molecule has 108 valence electrons. The molecule has 0 aromatic heterocycles.